The first kappa shape index (κ1) is 11.7. The summed E-state index contributed by atoms with van der Waals surface area (Å²) in [5.41, 5.74) is 0. The van der Waals surface area contributed by atoms with E-state index in [1.165, 1.54) is 12.0 Å². The summed E-state index contributed by atoms with van der Waals surface area (Å²) in [5, 5.41) is 0. The smallest absolute Gasteiger partial charge is 0.410 e. The molecule has 0 radical (unpaired) electrons. The Balaban J connectivity index is 3.79. The number of methoxy groups -OCH3 is 1. The Morgan fingerprint density at radius 3 is 2.15 bits per heavy atom. The fourth-order valence-corrected chi connectivity index (χ4v) is 0.753. The summed E-state index contributed by atoms with van der Waals surface area (Å²) in [5.74, 6) is -0.555. The van der Waals surface area contributed by atoms with Gasteiger partial charge in [0.05, 0.1) is 7.11 Å². The molecule has 0 aliphatic carbocycles. The van der Waals surface area contributed by atoms with E-state index in [9.17, 15) is 9.59 Å². The zero-order chi connectivity index (χ0) is 10.3. The van der Waals surface area contributed by atoms with Crippen molar-refractivity contribution < 1.29 is 19.1 Å². The van der Waals surface area contributed by atoms with Gasteiger partial charge in [-0.3, -0.25) is 0 Å². The van der Waals surface area contributed by atoms with E-state index in [4.69, 9.17) is 0 Å². The summed E-state index contributed by atoms with van der Waals surface area (Å²) in [4.78, 5) is 23.2. The molecule has 1 amide bonds. The van der Waals surface area contributed by atoms with Crippen LogP contribution in [0.3, 0.4) is 0 Å². The van der Waals surface area contributed by atoms with Crippen LogP contribution in [-0.2, 0) is 14.3 Å². The first-order chi connectivity index (χ1) is 6.15. The molecule has 0 aromatic rings. The van der Waals surface area contributed by atoms with Crippen LogP contribution in [0.1, 0.15) is 13.8 Å². The van der Waals surface area contributed by atoms with E-state index in [2.05, 4.69) is 9.47 Å². The van der Waals surface area contributed by atoms with Crippen LogP contribution in [0.2, 0.25) is 0 Å². The lowest BCUT2D eigenvalue weighted by molar-refractivity contribution is -0.144. The molecule has 0 saturated carbocycles. The summed E-state index contributed by atoms with van der Waals surface area (Å²) in [6.45, 7) is 4.48. The number of hydrogen-bond donors (Lipinski definition) is 0. The molecule has 0 N–H and O–H groups in total. The molecule has 0 heterocycles. The number of carbonyl (C=O) groups excluding carboxylic acids is 2. The molecular weight excluding hydrogens is 174 g/mol. The van der Waals surface area contributed by atoms with Gasteiger partial charge in [0.1, 0.15) is 0 Å². The molecule has 0 unspecified atom stereocenters. The predicted octanol–water partition coefficient (Wildman–Crippen LogP) is 0.638. The lowest BCUT2D eigenvalue weighted by Crippen LogP contribution is -2.32. The predicted molar refractivity (Wildman–Crippen MR) is 46.3 cm³/mol. The molecule has 0 fully saturated rings. The van der Waals surface area contributed by atoms with Crippen LogP contribution >= 0.6 is 0 Å². The molecule has 0 aliphatic rings. The Labute approximate surface area is 77.6 Å². The largest absolute Gasteiger partial charge is 0.466 e. The first-order valence-electron chi connectivity index (χ1n) is 4.14. The molecule has 0 aromatic carbocycles. The average molecular weight is 189 g/mol. The highest BCUT2D eigenvalue weighted by molar-refractivity contribution is 5.75. The van der Waals surface area contributed by atoms with Gasteiger partial charge in [0.2, 0.25) is 0 Å². The highest BCUT2D eigenvalue weighted by Crippen LogP contribution is 1.93. The molecule has 0 spiro atoms. The monoisotopic (exact) mass is 189 g/mol. The van der Waals surface area contributed by atoms with Crippen LogP contribution in [-0.4, -0.2) is 43.8 Å². The normalized spacial score (nSPS) is 9.15. The molecule has 76 valence electrons. The molecule has 0 aromatic heterocycles. The van der Waals surface area contributed by atoms with Gasteiger partial charge in [0.15, 0.2) is 6.61 Å². The van der Waals surface area contributed by atoms with Gasteiger partial charge in [0.25, 0.3) is 0 Å². The Bertz CT molecular complexity index is 177. The molecule has 13 heavy (non-hydrogen) atoms. The minimum Gasteiger partial charge on any atom is -0.466 e. The maximum absolute atomic E-state index is 11.1. The van der Waals surface area contributed by atoms with Gasteiger partial charge in [-0.1, -0.05) is 0 Å². The van der Waals surface area contributed by atoms with E-state index in [1.807, 2.05) is 13.8 Å². The summed E-state index contributed by atoms with van der Waals surface area (Å²) in [6.07, 6.45) is -0.490. The molecule has 0 aliphatic heterocycles. The van der Waals surface area contributed by atoms with Gasteiger partial charge in [-0.25, -0.2) is 9.59 Å². The van der Waals surface area contributed by atoms with Crippen LogP contribution in [0.15, 0.2) is 0 Å². The molecule has 5 heteroatoms. The van der Waals surface area contributed by atoms with E-state index < -0.39 is 12.1 Å². The van der Waals surface area contributed by atoms with Crippen LogP contribution in [0.4, 0.5) is 4.79 Å². The van der Waals surface area contributed by atoms with Crippen LogP contribution in [0.25, 0.3) is 0 Å². The van der Waals surface area contributed by atoms with Gasteiger partial charge in [-0.15, -0.1) is 0 Å². The fraction of sp³-hybridized carbons (Fsp3) is 0.750. The van der Waals surface area contributed by atoms with Crippen LogP contribution < -0.4 is 0 Å². The zero-order valence-corrected chi connectivity index (χ0v) is 8.20. The van der Waals surface area contributed by atoms with Crippen molar-refractivity contribution in [2.24, 2.45) is 0 Å². The van der Waals surface area contributed by atoms with E-state index in [0.29, 0.717) is 13.1 Å². The summed E-state index contributed by atoms with van der Waals surface area (Å²) >= 11 is 0. The van der Waals surface area contributed by atoms with Crippen molar-refractivity contribution in [3.05, 3.63) is 0 Å². The topological polar surface area (TPSA) is 55.8 Å². The third-order valence-corrected chi connectivity index (χ3v) is 1.56. The van der Waals surface area contributed by atoms with E-state index in [1.54, 1.807) is 0 Å². The van der Waals surface area contributed by atoms with E-state index >= 15 is 0 Å². The zero-order valence-electron chi connectivity index (χ0n) is 8.20. The third-order valence-electron chi connectivity index (χ3n) is 1.56. The van der Waals surface area contributed by atoms with Crippen molar-refractivity contribution in [3.8, 4) is 0 Å². The number of ether oxygens (including phenoxy) is 2. The van der Waals surface area contributed by atoms with Crippen molar-refractivity contribution in [2.45, 2.75) is 13.8 Å². The first-order valence-corrected chi connectivity index (χ1v) is 4.14. The Morgan fingerprint density at radius 1 is 1.23 bits per heavy atom. The second kappa shape index (κ2) is 6.28. The van der Waals surface area contributed by atoms with Crippen molar-refractivity contribution in [3.63, 3.8) is 0 Å². The van der Waals surface area contributed by atoms with Crippen LogP contribution in [0.5, 0.6) is 0 Å². The SMILES string of the molecule is CCN(CC)C(=O)OCC(=O)OC. The van der Waals surface area contributed by atoms with Gasteiger partial charge < -0.3 is 14.4 Å². The average Bonchev–Trinajstić information content (AvgIpc) is 2.16. The number of hydrogen-bond acceptors (Lipinski definition) is 4. The number of carbonyl (C=O) groups is 2. The van der Waals surface area contributed by atoms with Crippen molar-refractivity contribution in [1.29, 1.82) is 0 Å². The fourth-order valence-electron chi connectivity index (χ4n) is 0.753. The lowest BCUT2D eigenvalue weighted by atomic mass is 10.5. The molecule has 0 saturated heterocycles. The van der Waals surface area contributed by atoms with Crippen molar-refractivity contribution >= 4 is 12.1 Å². The van der Waals surface area contributed by atoms with Gasteiger partial charge in [-0.2, -0.15) is 0 Å². The molecule has 0 atom stereocenters. The maximum atomic E-state index is 11.1. The van der Waals surface area contributed by atoms with Gasteiger partial charge >= 0.3 is 12.1 Å². The van der Waals surface area contributed by atoms with Crippen molar-refractivity contribution in [1.82, 2.24) is 4.90 Å². The maximum Gasteiger partial charge on any atom is 0.410 e. The van der Waals surface area contributed by atoms with Crippen LogP contribution in [0, 0.1) is 0 Å². The number of amides is 1. The Morgan fingerprint density at radius 2 is 1.77 bits per heavy atom. The standard InChI is InChI=1S/C8H15NO4/c1-4-9(5-2)8(11)13-6-7(10)12-3/h4-6H2,1-3H3. The third kappa shape index (κ3) is 4.35. The van der Waals surface area contributed by atoms with Crippen molar-refractivity contribution in [2.75, 3.05) is 26.8 Å². The second-order valence-electron chi connectivity index (χ2n) is 2.30. The second-order valence-corrected chi connectivity index (χ2v) is 2.30. The quantitative estimate of drug-likeness (QED) is 0.609. The Kier molecular flexibility index (Phi) is 5.67. The summed E-state index contributed by atoms with van der Waals surface area (Å²) in [6, 6.07) is 0. The van der Waals surface area contributed by atoms with E-state index in [0.717, 1.165) is 0 Å². The highest BCUT2D eigenvalue weighted by Gasteiger charge is 2.12. The molecular formula is C8H15NO4. The summed E-state index contributed by atoms with van der Waals surface area (Å²) < 4.78 is 8.96. The number of rotatable bonds is 4. The number of nitrogens with zero attached hydrogens (tertiary/aromatic N) is 1. The molecule has 0 bridgehead atoms. The van der Waals surface area contributed by atoms with Gasteiger partial charge in [0, 0.05) is 13.1 Å². The molecule has 0 rings (SSSR count). The molecule has 5 nitrogen and oxygen atoms in total. The number of esters is 1. The van der Waals surface area contributed by atoms with Gasteiger partial charge in [-0.05, 0) is 13.8 Å². The minimum atomic E-state index is -0.555. The minimum absolute atomic E-state index is 0.328. The highest BCUT2D eigenvalue weighted by atomic mass is 16.6. The Hall–Kier alpha value is -1.26. The summed E-state index contributed by atoms with van der Waals surface area (Å²) in [7, 11) is 1.24. The van der Waals surface area contributed by atoms with E-state index in [-0.39, 0.29) is 6.61 Å². The lowest BCUT2D eigenvalue weighted by Gasteiger charge is -2.17.